The van der Waals surface area contributed by atoms with E-state index in [1.807, 2.05) is 0 Å². The zero-order chi connectivity index (χ0) is 16.8. The Morgan fingerprint density at radius 2 is 1.27 bits per heavy atom. The van der Waals surface area contributed by atoms with Crippen LogP contribution < -0.4 is 5.73 Å². The van der Waals surface area contributed by atoms with E-state index in [1.165, 1.54) is 44.9 Å². The molecule has 0 amide bonds. The summed E-state index contributed by atoms with van der Waals surface area (Å²) < 4.78 is 0. The van der Waals surface area contributed by atoms with Gasteiger partial charge in [0.1, 0.15) is 6.04 Å². The number of hydrogen-bond acceptors (Lipinski definition) is 3. The average molecular weight is 315 g/mol. The summed E-state index contributed by atoms with van der Waals surface area (Å²) in [5.41, 5.74) is 5.41. The zero-order valence-electron chi connectivity index (χ0n) is 13.9. The van der Waals surface area contributed by atoms with Gasteiger partial charge in [0, 0.05) is 0 Å². The molecule has 0 radical (unpaired) electrons. The maximum absolute atomic E-state index is 11.1. The molecule has 0 aromatic carbocycles. The third-order valence-corrected chi connectivity index (χ3v) is 4.11. The second-order valence-electron chi connectivity index (χ2n) is 6.19. The van der Waals surface area contributed by atoms with Gasteiger partial charge in [-0.05, 0) is 12.8 Å². The predicted molar refractivity (Wildman–Crippen MR) is 87.8 cm³/mol. The topological polar surface area (TPSA) is 101 Å². The molecule has 5 nitrogen and oxygen atoms in total. The largest absolute Gasteiger partial charge is 0.481 e. The van der Waals surface area contributed by atoms with Gasteiger partial charge in [-0.25, -0.2) is 0 Å². The fourth-order valence-electron chi connectivity index (χ4n) is 2.63. The van der Waals surface area contributed by atoms with Gasteiger partial charge in [0.15, 0.2) is 0 Å². The molecule has 0 fully saturated rings. The molecular formula is C17H33NO4. The van der Waals surface area contributed by atoms with Crippen molar-refractivity contribution < 1.29 is 19.8 Å². The molecule has 0 bridgehead atoms. The molecule has 0 aliphatic heterocycles. The first-order chi connectivity index (χ1) is 10.5. The van der Waals surface area contributed by atoms with Gasteiger partial charge in [-0.2, -0.15) is 0 Å². The summed E-state index contributed by atoms with van der Waals surface area (Å²) in [6.45, 7) is 2.22. The van der Waals surface area contributed by atoms with Crippen LogP contribution in [0.2, 0.25) is 0 Å². The van der Waals surface area contributed by atoms with E-state index in [9.17, 15) is 9.59 Å². The lowest BCUT2D eigenvalue weighted by Crippen LogP contribution is -2.34. The van der Waals surface area contributed by atoms with Crippen molar-refractivity contribution in [3.05, 3.63) is 0 Å². The fourth-order valence-corrected chi connectivity index (χ4v) is 2.63. The highest BCUT2D eigenvalue weighted by molar-refractivity contribution is 5.75. The van der Waals surface area contributed by atoms with Crippen molar-refractivity contribution in [2.45, 2.75) is 90.0 Å². The van der Waals surface area contributed by atoms with Crippen molar-refractivity contribution >= 4 is 11.9 Å². The zero-order valence-corrected chi connectivity index (χ0v) is 13.9. The molecule has 0 saturated carbocycles. The van der Waals surface area contributed by atoms with Crippen LogP contribution >= 0.6 is 0 Å². The smallest absolute Gasteiger partial charge is 0.320 e. The van der Waals surface area contributed by atoms with Gasteiger partial charge in [-0.15, -0.1) is 0 Å². The van der Waals surface area contributed by atoms with E-state index in [2.05, 4.69) is 6.92 Å². The second-order valence-corrected chi connectivity index (χ2v) is 6.19. The third-order valence-electron chi connectivity index (χ3n) is 4.11. The van der Waals surface area contributed by atoms with Crippen LogP contribution in [-0.4, -0.2) is 28.2 Å². The number of unbranched alkanes of at least 4 members (excludes halogenated alkanes) is 9. The van der Waals surface area contributed by atoms with Crippen molar-refractivity contribution in [1.82, 2.24) is 0 Å². The molecule has 0 aromatic heterocycles. The number of nitrogens with two attached hydrogens (primary N) is 1. The number of carbonyl (C=O) groups is 2. The maximum Gasteiger partial charge on any atom is 0.320 e. The first-order valence-electron chi connectivity index (χ1n) is 8.70. The van der Waals surface area contributed by atoms with Gasteiger partial charge in [-0.1, -0.05) is 71.1 Å². The minimum atomic E-state index is -1.13. The van der Waals surface area contributed by atoms with Crippen molar-refractivity contribution in [2.75, 3.05) is 0 Å². The van der Waals surface area contributed by atoms with Gasteiger partial charge >= 0.3 is 11.9 Å². The Kier molecular flexibility index (Phi) is 12.9. The van der Waals surface area contributed by atoms with E-state index < -0.39 is 23.9 Å². The maximum atomic E-state index is 11.1. The van der Waals surface area contributed by atoms with Crippen LogP contribution in [0.25, 0.3) is 0 Å². The summed E-state index contributed by atoms with van der Waals surface area (Å²) in [5.74, 6) is -2.71. The van der Waals surface area contributed by atoms with Crippen molar-refractivity contribution in [3.8, 4) is 0 Å². The van der Waals surface area contributed by atoms with Gasteiger partial charge in [0.25, 0.3) is 0 Å². The quantitative estimate of drug-likeness (QED) is 0.399. The monoisotopic (exact) mass is 315 g/mol. The van der Waals surface area contributed by atoms with E-state index in [0.29, 0.717) is 6.42 Å². The third kappa shape index (κ3) is 11.5. The summed E-state index contributed by atoms with van der Waals surface area (Å²) >= 11 is 0. The molecule has 0 aromatic rings. The lowest BCUT2D eigenvalue weighted by Gasteiger charge is -2.14. The molecule has 5 heteroatoms. The number of carboxylic acid groups (broad SMARTS) is 2. The number of rotatable bonds is 15. The Morgan fingerprint density at radius 3 is 1.68 bits per heavy atom. The van der Waals surface area contributed by atoms with E-state index in [1.54, 1.807) is 0 Å². The normalized spacial score (nSPS) is 13.7. The summed E-state index contributed by atoms with van der Waals surface area (Å²) in [5, 5.41) is 17.8. The summed E-state index contributed by atoms with van der Waals surface area (Å²) in [7, 11) is 0. The van der Waals surface area contributed by atoms with Crippen LogP contribution in [0, 0.1) is 5.92 Å². The van der Waals surface area contributed by atoms with Crippen LogP contribution in [0.1, 0.15) is 84.0 Å². The van der Waals surface area contributed by atoms with Crippen LogP contribution in [0.5, 0.6) is 0 Å². The average Bonchev–Trinajstić information content (AvgIpc) is 2.47. The van der Waals surface area contributed by atoms with Crippen molar-refractivity contribution in [2.24, 2.45) is 11.7 Å². The Labute approximate surface area is 134 Å². The number of carboxylic acids is 2. The van der Waals surface area contributed by atoms with E-state index >= 15 is 0 Å². The Hall–Kier alpha value is -1.10. The number of aliphatic carboxylic acids is 2. The minimum absolute atomic E-state index is 0.0160. The van der Waals surface area contributed by atoms with Gasteiger partial charge < -0.3 is 15.9 Å². The Balaban J connectivity index is 3.61. The molecule has 0 aliphatic carbocycles. The van der Waals surface area contributed by atoms with Crippen LogP contribution in [-0.2, 0) is 9.59 Å². The second kappa shape index (κ2) is 13.6. The Morgan fingerprint density at radius 1 is 0.818 bits per heavy atom. The SMILES string of the molecule is CCCCCCCCCCCCC(C[C@@H](N)C(=O)O)C(=O)O. The van der Waals surface area contributed by atoms with Crippen LogP contribution in [0.3, 0.4) is 0 Å². The standard InChI is InChI=1S/C17H33NO4/c1-2-3-4-5-6-7-8-9-10-11-12-14(16(19)20)13-15(18)17(21)22/h14-15H,2-13,18H2,1H3,(H,19,20)(H,21,22)/t14?,15-/m1/s1. The molecule has 2 atom stereocenters. The lowest BCUT2D eigenvalue weighted by molar-refractivity contribution is -0.143. The first-order valence-corrected chi connectivity index (χ1v) is 8.70. The molecule has 0 heterocycles. The fraction of sp³-hybridized carbons (Fsp3) is 0.882. The molecule has 1 unspecified atom stereocenters. The summed E-state index contributed by atoms with van der Waals surface area (Å²) in [4.78, 5) is 21.8. The molecule has 22 heavy (non-hydrogen) atoms. The summed E-state index contributed by atoms with van der Waals surface area (Å²) in [6.07, 6.45) is 12.5. The van der Waals surface area contributed by atoms with Crippen molar-refractivity contribution in [3.63, 3.8) is 0 Å². The van der Waals surface area contributed by atoms with E-state index in [4.69, 9.17) is 15.9 Å². The predicted octanol–water partition coefficient (Wildman–Crippen LogP) is 3.80. The molecule has 0 rings (SSSR count). The van der Waals surface area contributed by atoms with Crippen molar-refractivity contribution in [1.29, 1.82) is 0 Å². The minimum Gasteiger partial charge on any atom is -0.481 e. The molecular weight excluding hydrogens is 282 g/mol. The van der Waals surface area contributed by atoms with Crippen LogP contribution in [0.15, 0.2) is 0 Å². The highest BCUT2D eigenvalue weighted by Crippen LogP contribution is 2.17. The highest BCUT2D eigenvalue weighted by atomic mass is 16.4. The van der Waals surface area contributed by atoms with Gasteiger partial charge in [0.2, 0.25) is 0 Å². The van der Waals surface area contributed by atoms with E-state index in [-0.39, 0.29) is 6.42 Å². The molecule has 4 N–H and O–H groups in total. The summed E-state index contributed by atoms with van der Waals surface area (Å²) in [6, 6.07) is -1.08. The van der Waals surface area contributed by atoms with Crippen LogP contribution in [0.4, 0.5) is 0 Å². The van der Waals surface area contributed by atoms with Gasteiger partial charge in [0.05, 0.1) is 5.92 Å². The lowest BCUT2D eigenvalue weighted by atomic mass is 9.94. The van der Waals surface area contributed by atoms with E-state index in [0.717, 1.165) is 19.3 Å². The molecule has 0 aliphatic rings. The molecule has 0 spiro atoms. The first kappa shape index (κ1) is 20.9. The molecule has 130 valence electrons. The van der Waals surface area contributed by atoms with Gasteiger partial charge in [-0.3, -0.25) is 9.59 Å². The highest BCUT2D eigenvalue weighted by Gasteiger charge is 2.23. The molecule has 0 saturated heterocycles. The number of hydrogen-bond donors (Lipinski definition) is 3. The Bertz CT molecular complexity index is 307.